The molecule has 2 N–H and O–H groups in total. The molecule has 0 spiro atoms. The predicted octanol–water partition coefficient (Wildman–Crippen LogP) is 1.78. The molecule has 0 bridgehead atoms. The van der Waals surface area contributed by atoms with Crippen molar-refractivity contribution in [1.29, 1.82) is 0 Å². The van der Waals surface area contributed by atoms with E-state index >= 15 is 0 Å². The molecule has 0 fully saturated rings. The van der Waals surface area contributed by atoms with Crippen LogP contribution in [0.1, 0.15) is 5.69 Å². The zero-order valence-corrected chi connectivity index (χ0v) is 8.13. The summed E-state index contributed by atoms with van der Waals surface area (Å²) < 4.78 is 23.5. The first-order valence-corrected chi connectivity index (χ1v) is 4.33. The number of anilines is 1. The van der Waals surface area contributed by atoms with Crippen LogP contribution in [0.5, 0.6) is 0 Å². The van der Waals surface area contributed by atoms with Crippen LogP contribution in [0.4, 0.5) is 19.3 Å². The molecule has 0 aliphatic rings. The van der Waals surface area contributed by atoms with E-state index in [9.17, 15) is 13.6 Å². The van der Waals surface area contributed by atoms with E-state index in [1.807, 2.05) is 5.32 Å². The normalized spacial score (nSPS) is 10.1. The van der Waals surface area contributed by atoms with E-state index in [-0.39, 0.29) is 0 Å². The zero-order valence-electron chi connectivity index (χ0n) is 8.13. The number of hydrogen-bond acceptors (Lipinski definition) is 2. The van der Waals surface area contributed by atoms with Gasteiger partial charge in [-0.3, -0.25) is 4.98 Å². The highest BCUT2D eigenvalue weighted by molar-refractivity contribution is 5.89. The standard InChI is InChI=1S/C9H11F2N3O/c1-6-4-7(2-3-12-6)14-9(15)13-5-8(10)11/h2-4,8H,5H2,1H3,(H2,12,13,14,15). The van der Waals surface area contributed by atoms with E-state index < -0.39 is 19.0 Å². The average molecular weight is 215 g/mol. The maximum atomic E-state index is 11.7. The largest absolute Gasteiger partial charge is 0.332 e. The highest BCUT2D eigenvalue weighted by Crippen LogP contribution is 2.06. The zero-order chi connectivity index (χ0) is 11.3. The van der Waals surface area contributed by atoms with Crippen LogP contribution in [-0.4, -0.2) is 24.0 Å². The first-order valence-electron chi connectivity index (χ1n) is 4.33. The first-order chi connectivity index (χ1) is 7.08. The Kier molecular flexibility index (Phi) is 3.96. The molecule has 0 saturated carbocycles. The Morgan fingerprint density at radius 2 is 2.33 bits per heavy atom. The van der Waals surface area contributed by atoms with E-state index in [2.05, 4.69) is 10.3 Å². The molecule has 0 aliphatic heterocycles. The van der Waals surface area contributed by atoms with E-state index in [1.54, 1.807) is 19.1 Å². The highest BCUT2D eigenvalue weighted by atomic mass is 19.3. The van der Waals surface area contributed by atoms with Crippen molar-refractivity contribution in [2.24, 2.45) is 0 Å². The molecule has 1 heterocycles. The number of rotatable bonds is 3. The third-order valence-electron chi connectivity index (χ3n) is 1.57. The van der Waals surface area contributed by atoms with Gasteiger partial charge in [0.2, 0.25) is 0 Å². The van der Waals surface area contributed by atoms with Crippen LogP contribution in [0.2, 0.25) is 0 Å². The lowest BCUT2D eigenvalue weighted by molar-refractivity contribution is 0.148. The monoisotopic (exact) mass is 215 g/mol. The fourth-order valence-corrected chi connectivity index (χ4v) is 0.968. The Hall–Kier alpha value is -1.72. The summed E-state index contributed by atoms with van der Waals surface area (Å²) in [6, 6.07) is 2.57. The summed E-state index contributed by atoms with van der Waals surface area (Å²) in [5, 5.41) is 4.44. The minimum Gasteiger partial charge on any atom is -0.332 e. The van der Waals surface area contributed by atoms with E-state index in [0.717, 1.165) is 5.69 Å². The summed E-state index contributed by atoms with van der Waals surface area (Å²) in [7, 11) is 0. The summed E-state index contributed by atoms with van der Waals surface area (Å²) in [4.78, 5) is 15.0. The molecule has 1 aromatic heterocycles. The SMILES string of the molecule is Cc1cc(NC(=O)NCC(F)F)ccn1. The Morgan fingerprint density at radius 3 is 2.93 bits per heavy atom. The number of halogens is 2. The molecule has 6 heteroatoms. The summed E-state index contributed by atoms with van der Waals surface area (Å²) in [6.07, 6.45) is -1.02. The summed E-state index contributed by atoms with van der Waals surface area (Å²) in [5.41, 5.74) is 1.26. The van der Waals surface area contributed by atoms with Crippen molar-refractivity contribution in [3.05, 3.63) is 24.0 Å². The lowest BCUT2D eigenvalue weighted by Crippen LogP contribution is -2.32. The minimum atomic E-state index is -2.55. The van der Waals surface area contributed by atoms with Gasteiger partial charge in [0, 0.05) is 17.6 Å². The lowest BCUT2D eigenvalue weighted by Gasteiger charge is -2.06. The number of pyridine rings is 1. The number of alkyl halides is 2. The van der Waals surface area contributed by atoms with Crippen LogP contribution < -0.4 is 10.6 Å². The second kappa shape index (κ2) is 5.23. The molecule has 0 radical (unpaired) electrons. The van der Waals surface area contributed by atoms with Crippen molar-refractivity contribution in [1.82, 2.24) is 10.3 Å². The highest BCUT2D eigenvalue weighted by Gasteiger charge is 2.06. The Morgan fingerprint density at radius 1 is 1.60 bits per heavy atom. The number of hydrogen-bond donors (Lipinski definition) is 2. The molecular weight excluding hydrogens is 204 g/mol. The number of aryl methyl sites for hydroxylation is 1. The number of amides is 2. The van der Waals surface area contributed by atoms with Crippen LogP contribution in [-0.2, 0) is 0 Å². The molecule has 0 aromatic carbocycles. The summed E-state index contributed by atoms with van der Waals surface area (Å²) >= 11 is 0. The summed E-state index contributed by atoms with van der Waals surface area (Å²) in [6.45, 7) is 1.11. The van der Waals surface area contributed by atoms with Gasteiger partial charge in [-0.05, 0) is 19.1 Å². The Balaban J connectivity index is 2.44. The van der Waals surface area contributed by atoms with Crippen molar-refractivity contribution >= 4 is 11.7 Å². The fourth-order valence-electron chi connectivity index (χ4n) is 0.968. The molecule has 0 aliphatic carbocycles. The van der Waals surface area contributed by atoms with E-state index in [4.69, 9.17) is 0 Å². The van der Waals surface area contributed by atoms with Crippen LogP contribution in [0.3, 0.4) is 0 Å². The van der Waals surface area contributed by atoms with Crippen LogP contribution >= 0.6 is 0 Å². The number of carbonyl (C=O) groups is 1. The van der Waals surface area contributed by atoms with Gasteiger partial charge in [-0.1, -0.05) is 0 Å². The van der Waals surface area contributed by atoms with Gasteiger partial charge in [-0.2, -0.15) is 0 Å². The number of carbonyl (C=O) groups excluding carboxylic acids is 1. The number of urea groups is 1. The summed E-state index contributed by atoms with van der Waals surface area (Å²) in [5.74, 6) is 0. The van der Waals surface area contributed by atoms with Crippen molar-refractivity contribution in [2.45, 2.75) is 13.3 Å². The van der Waals surface area contributed by atoms with Gasteiger partial charge in [-0.15, -0.1) is 0 Å². The van der Waals surface area contributed by atoms with Gasteiger partial charge < -0.3 is 10.6 Å². The van der Waals surface area contributed by atoms with Crippen molar-refractivity contribution in [2.75, 3.05) is 11.9 Å². The molecule has 1 aromatic rings. The van der Waals surface area contributed by atoms with Crippen molar-refractivity contribution < 1.29 is 13.6 Å². The van der Waals surface area contributed by atoms with Crippen molar-refractivity contribution in [3.8, 4) is 0 Å². The average Bonchev–Trinajstić information content (AvgIpc) is 2.15. The number of nitrogens with zero attached hydrogens (tertiary/aromatic N) is 1. The van der Waals surface area contributed by atoms with E-state index in [1.165, 1.54) is 6.20 Å². The molecule has 0 saturated heterocycles. The third kappa shape index (κ3) is 4.35. The van der Waals surface area contributed by atoms with Crippen LogP contribution in [0.25, 0.3) is 0 Å². The molecule has 15 heavy (non-hydrogen) atoms. The quantitative estimate of drug-likeness (QED) is 0.807. The lowest BCUT2D eigenvalue weighted by atomic mass is 10.3. The predicted molar refractivity (Wildman–Crippen MR) is 52.0 cm³/mol. The molecular formula is C9H11F2N3O. The fraction of sp³-hybridized carbons (Fsp3) is 0.333. The van der Waals surface area contributed by atoms with E-state index in [0.29, 0.717) is 5.69 Å². The molecule has 2 amide bonds. The second-order valence-electron chi connectivity index (χ2n) is 2.91. The maximum Gasteiger partial charge on any atom is 0.319 e. The molecule has 1 rings (SSSR count). The Labute approximate surface area is 85.7 Å². The van der Waals surface area contributed by atoms with Gasteiger partial charge in [0.05, 0.1) is 6.54 Å². The van der Waals surface area contributed by atoms with Crippen LogP contribution in [0.15, 0.2) is 18.3 Å². The van der Waals surface area contributed by atoms with Crippen LogP contribution in [0, 0.1) is 6.92 Å². The maximum absolute atomic E-state index is 11.7. The molecule has 82 valence electrons. The molecule has 4 nitrogen and oxygen atoms in total. The number of aromatic nitrogens is 1. The van der Waals surface area contributed by atoms with Gasteiger partial charge in [0.25, 0.3) is 6.43 Å². The second-order valence-corrected chi connectivity index (χ2v) is 2.91. The van der Waals surface area contributed by atoms with Gasteiger partial charge in [0.1, 0.15) is 0 Å². The minimum absolute atomic E-state index is 0.522. The van der Waals surface area contributed by atoms with Gasteiger partial charge >= 0.3 is 6.03 Å². The smallest absolute Gasteiger partial charge is 0.319 e. The van der Waals surface area contributed by atoms with Gasteiger partial charge in [0.15, 0.2) is 0 Å². The topological polar surface area (TPSA) is 54.0 Å². The number of nitrogens with one attached hydrogen (secondary N) is 2. The molecule has 0 unspecified atom stereocenters. The molecule has 0 atom stereocenters. The third-order valence-corrected chi connectivity index (χ3v) is 1.57. The Bertz CT molecular complexity index is 344. The van der Waals surface area contributed by atoms with Gasteiger partial charge in [-0.25, -0.2) is 13.6 Å². The van der Waals surface area contributed by atoms with Crippen molar-refractivity contribution in [3.63, 3.8) is 0 Å². The first kappa shape index (κ1) is 11.4.